The van der Waals surface area contributed by atoms with Crippen LogP contribution in [0.5, 0.6) is 0 Å². The summed E-state index contributed by atoms with van der Waals surface area (Å²) in [6.45, 7) is 6.01. The summed E-state index contributed by atoms with van der Waals surface area (Å²) in [5, 5.41) is 27.9. The molecule has 0 aromatic heterocycles. The van der Waals surface area contributed by atoms with Crippen molar-refractivity contribution in [2.45, 2.75) is 52.6 Å². The van der Waals surface area contributed by atoms with Crippen molar-refractivity contribution >= 4 is 139 Å². The van der Waals surface area contributed by atoms with Gasteiger partial charge < -0.3 is 21.3 Å². The highest BCUT2D eigenvalue weighted by molar-refractivity contribution is 6.43. The molecule has 0 spiro atoms. The van der Waals surface area contributed by atoms with Gasteiger partial charge in [-0.3, -0.25) is 28.8 Å². The predicted molar refractivity (Wildman–Crippen MR) is 252 cm³/mol. The van der Waals surface area contributed by atoms with Crippen LogP contribution in [0.1, 0.15) is 59.5 Å². The number of ketones is 2. The van der Waals surface area contributed by atoms with E-state index in [0.717, 1.165) is 0 Å². The summed E-state index contributed by atoms with van der Waals surface area (Å²) in [6.07, 6.45) is 0.759. The second-order valence-corrected chi connectivity index (χ2v) is 16.1. The number of amides is 4. The zero-order chi connectivity index (χ0) is 46.8. The third-order valence-corrected chi connectivity index (χ3v) is 11.6. The van der Waals surface area contributed by atoms with E-state index in [1.165, 1.54) is 86.6 Å². The average Bonchev–Trinajstić information content (AvgIpc) is 3.24. The van der Waals surface area contributed by atoms with Crippen molar-refractivity contribution < 1.29 is 28.8 Å². The van der Waals surface area contributed by atoms with Gasteiger partial charge in [-0.2, -0.15) is 20.5 Å². The van der Waals surface area contributed by atoms with Crippen LogP contribution in [0.4, 0.5) is 34.1 Å². The number of azo groups is 2. The first-order valence-corrected chi connectivity index (χ1v) is 21.4. The van der Waals surface area contributed by atoms with Crippen LogP contribution in [0.3, 0.4) is 0 Å². The lowest BCUT2D eigenvalue weighted by Crippen LogP contribution is -2.33. The molecule has 5 aromatic carbocycles. The van der Waals surface area contributed by atoms with Crippen LogP contribution in [0.2, 0.25) is 30.1 Å². The Kier molecular flexibility index (Phi) is 17.1. The van der Waals surface area contributed by atoms with E-state index in [2.05, 4.69) is 41.7 Å². The Morgan fingerprint density at radius 2 is 0.875 bits per heavy atom. The van der Waals surface area contributed by atoms with Crippen molar-refractivity contribution in [2.24, 2.45) is 20.5 Å². The van der Waals surface area contributed by atoms with Gasteiger partial charge in [0.25, 0.3) is 23.6 Å². The number of carbonyl (C=O) groups excluding carboxylic acids is 6. The van der Waals surface area contributed by atoms with Gasteiger partial charge in [0, 0.05) is 22.7 Å². The van der Waals surface area contributed by atoms with Crippen LogP contribution in [-0.4, -0.2) is 47.3 Å². The molecule has 0 bridgehead atoms. The van der Waals surface area contributed by atoms with E-state index in [1.807, 2.05) is 13.8 Å². The quantitative estimate of drug-likeness (QED) is 0.0560. The van der Waals surface area contributed by atoms with Gasteiger partial charge in [-0.15, -0.1) is 0 Å². The second kappa shape index (κ2) is 22.2. The Hall–Kier alpha value is -5.74. The van der Waals surface area contributed by atoms with E-state index in [0.29, 0.717) is 56.8 Å². The molecule has 0 heterocycles. The van der Waals surface area contributed by atoms with Crippen molar-refractivity contribution in [3.05, 3.63) is 137 Å². The summed E-state index contributed by atoms with van der Waals surface area (Å²) < 4.78 is 0. The average molecular weight is 986 g/mol. The zero-order valence-corrected chi connectivity index (χ0v) is 38.7. The molecule has 2 unspecified atom stereocenters. The van der Waals surface area contributed by atoms with E-state index in [-0.39, 0.29) is 42.6 Å². The van der Waals surface area contributed by atoms with Crippen molar-refractivity contribution in [3.63, 3.8) is 0 Å². The van der Waals surface area contributed by atoms with Gasteiger partial charge in [-0.1, -0.05) is 95.6 Å². The molecule has 20 heteroatoms. The smallest absolute Gasteiger partial charge is 0.258 e. The van der Waals surface area contributed by atoms with Crippen LogP contribution in [0, 0.1) is 0 Å². The van der Waals surface area contributed by atoms with Gasteiger partial charge in [0.1, 0.15) is 11.4 Å². The molecule has 0 aliphatic heterocycles. The predicted octanol–water partition coefficient (Wildman–Crippen LogP) is 12.6. The standard InChI is InChI=1S/C44H36Cl6N8O6/c1-5-25-26(6-2)34(54-44(64)40(22(4)60)58-56-36-12-8-10-28(38(36)50)42(62)52-24-14-16-30(46)32(48)20-24)18-17-33(25)53-43(63)39(21(3)59)57-55-35-11-7-9-27(37(35)49)41(61)51-23-13-15-29(45)31(47)19-23/h7-20,39-40H,5-6H2,1-4H3,(H,51,61)(H,52,62)(H,53,63)(H,54,64). The van der Waals surface area contributed by atoms with E-state index in [1.54, 1.807) is 12.1 Å². The first-order chi connectivity index (χ1) is 30.4. The number of nitrogens with one attached hydrogen (secondary N) is 4. The van der Waals surface area contributed by atoms with E-state index >= 15 is 0 Å². The Balaban J connectivity index is 1.31. The molecule has 64 heavy (non-hydrogen) atoms. The Morgan fingerprint density at radius 3 is 1.20 bits per heavy atom. The summed E-state index contributed by atoms with van der Waals surface area (Å²) in [4.78, 5) is 78.7. The third kappa shape index (κ3) is 12.1. The molecule has 5 aromatic rings. The lowest BCUT2D eigenvalue weighted by molar-refractivity contribution is -0.127. The van der Waals surface area contributed by atoms with Gasteiger partial charge in [0.05, 0.1) is 41.3 Å². The molecule has 330 valence electrons. The number of benzene rings is 5. The summed E-state index contributed by atoms with van der Waals surface area (Å²) in [5.74, 6) is -4.04. The summed E-state index contributed by atoms with van der Waals surface area (Å²) in [6, 6.07) is 17.8. The van der Waals surface area contributed by atoms with Crippen molar-refractivity contribution in [1.29, 1.82) is 0 Å². The van der Waals surface area contributed by atoms with Gasteiger partial charge in [-0.05, 0) is 111 Å². The number of hydrogen-bond donors (Lipinski definition) is 4. The molecule has 4 N–H and O–H groups in total. The SMILES string of the molecule is CCc1c(NC(=O)C(N=Nc2cccc(C(=O)Nc3ccc(Cl)c(Cl)c3)c2Cl)C(C)=O)ccc(NC(=O)C(N=Nc2cccc(C(=O)Nc3ccc(Cl)c(Cl)c3)c2Cl)C(C)=O)c1CC. The van der Waals surface area contributed by atoms with Gasteiger partial charge in [0.15, 0.2) is 11.6 Å². The minimum absolute atomic E-state index is 0.0221. The fraction of sp³-hybridized carbons (Fsp3) is 0.182. The first-order valence-electron chi connectivity index (χ1n) is 19.1. The van der Waals surface area contributed by atoms with Crippen LogP contribution in [0.15, 0.2) is 105 Å². The highest BCUT2D eigenvalue weighted by Gasteiger charge is 2.28. The highest BCUT2D eigenvalue weighted by Crippen LogP contribution is 2.34. The number of Topliss-reactive ketones (excluding diaryl/α,β-unsaturated/α-hetero) is 2. The molecular weight excluding hydrogens is 949 g/mol. The maximum absolute atomic E-state index is 13.6. The summed E-state index contributed by atoms with van der Waals surface area (Å²) in [5.41, 5.74) is 2.77. The Labute approximate surface area is 397 Å². The number of halogens is 6. The Morgan fingerprint density at radius 1 is 0.500 bits per heavy atom. The number of carbonyl (C=O) groups is 6. The molecule has 0 saturated heterocycles. The maximum atomic E-state index is 13.6. The fourth-order valence-electron chi connectivity index (χ4n) is 6.10. The molecule has 0 aliphatic carbocycles. The van der Waals surface area contributed by atoms with Gasteiger partial charge in [0.2, 0.25) is 12.1 Å². The molecule has 0 fully saturated rings. The normalized spacial score (nSPS) is 12.2. The molecule has 0 radical (unpaired) electrons. The minimum atomic E-state index is -1.60. The zero-order valence-electron chi connectivity index (χ0n) is 34.2. The fourth-order valence-corrected chi connectivity index (χ4v) is 7.20. The van der Waals surface area contributed by atoms with Crippen LogP contribution in [-0.2, 0) is 32.0 Å². The summed E-state index contributed by atoms with van der Waals surface area (Å²) in [7, 11) is 0. The van der Waals surface area contributed by atoms with Gasteiger partial charge >= 0.3 is 0 Å². The largest absolute Gasteiger partial charge is 0.323 e. The highest BCUT2D eigenvalue weighted by atomic mass is 35.5. The number of anilines is 4. The van der Waals surface area contributed by atoms with Crippen LogP contribution in [0.25, 0.3) is 0 Å². The maximum Gasteiger partial charge on any atom is 0.258 e. The molecule has 0 aliphatic rings. The Bertz CT molecular complexity index is 2560. The molecule has 14 nitrogen and oxygen atoms in total. The van der Waals surface area contributed by atoms with Crippen LogP contribution < -0.4 is 21.3 Å². The van der Waals surface area contributed by atoms with Crippen LogP contribution >= 0.6 is 69.6 Å². The molecule has 2 atom stereocenters. The lowest BCUT2D eigenvalue weighted by atomic mass is 9.98. The molecule has 0 saturated carbocycles. The minimum Gasteiger partial charge on any atom is -0.323 e. The van der Waals surface area contributed by atoms with Crippen molar-refractivity contribution in [3.8, 4) is 0 Å². The van der Waals surface area contributed by atoms with Gasteiger partial charge in [-0.25, -0.2) is 0 Å². The van der Waals surface area contributed by atoms with Crippen molar-refractivity contribution in [2.75, 3.05) is 21.3 Å². The molecule has 5 rings (SSSR count). The molecule has 4 amide bonds. The third-order valence-electron chi connectivity index (χ3n) is 9.28. The second-order valence-electron chi connectivity index (χ2n) is 13.7. The lowest BCUT2D eigenvalue weighted by Gasteiger charge is -2.20. The molecular formula is C44H36Cl6N8O6. The van der Waals surface area contributed by atoms with Crippen molar-refractivity contribution in [1.82, 2.24) is 0 Å². The monoisotopic (exact) mass is 982 g/mol. The van der Waals surface area contributed by atoms with E-state index < -0.39 is 47.3 Å². The number of nitrogens with zero attached hydrogens (tertiary/aromatic N) is 4. The number of hydrogen-bond acceptors (Lipinski definition) is 10. The topological polar surface area (TPSA) is 200 Å². The van der Waals surface area contributed by atoms with E-state index in [9.17, 15) is 28.8 Å². The summed E-state index contributed by atoms with van der Waals surface area (Å²) >= 11 is 37.1. The first kappa shape index (κ1) is 49.3. The number of rotatable bonds is 16. The van der Waals surface area contributed by atoms with E-state index in [4.69, 9.17) is 69.6 Å².